The summed E-state index contributed by atoms with van der Waals surface area (Å²) in [6, 6.07) is 8.08. The Hall–Kier alpha value is -3.26. The largest absolute Gasteiger partial charge is 0.304 e. The Balaban J connectivity index is 1.58. The Morgan fingerprint density at radius 3 is 2.89 bits per heavy atom. The first kappa shape index (κ1) is 18.1. The summed E-state index contributed by atoms with van der Waals surface area (Å²) in [6.07, 6.45) is 3.03. The Kier molecular flexibility index (Phi) is 4.56. The topological polar surface area (TPSA) is 77.1 Å². The molecule has 0 aliphatic rings. The van der Waals surface area contributed by atoms with Crippen LogP contribution in [-0.2, 0) is 6.54 Å². The highest BCUT2D eigenvalue weighted by Crippen LogP contribution is 2.22. The molecule has 4 aromatic rings. The van der Waals surface area contributed by atoms with Crippen molar-refractivity contribution in [3.8, 4) is 0 Å². The Bertz CT molecular complexity index is 1200. The molecule has 0 atom stereocenters. The maximum Gasteiger partial charge on any atom is 0.262 e. The number of amides is 1. The molecule has 0 aliphatic heterocycles. The van der Waals surface area contributed by atoms with E-state index < -0.39 is 5.91 Å². The third-order valence-electron chi connectivity index (χ3n) is 4.21. The Morgan fingerprint density at radius 1 is 1.29 bits per heavy atom. The van der Waals surface area contributed by atoms with Gasteiger partial charge >= 0.3 is 0 Å². The van der Waals surface area contributed by atoms with Crippen LogP contribution in [0.25, 0.3) is 5.65 Å². The highest BCUT2D eigenvalue weighted by Gasteiger charge is 2.18. The molecular weight excluding hydrogens is 383 g/mol. The molecule has 0 saturated carbocycles. The van der Waals surface area contributed by atoms with Gasteiger partial charge in [0.2, 0.25) is 0 Å². The predicted octanol–water partition coefficient (Wildman–Crippen LogP) is 3.64. The van der Waals surface area contributed by atoms with Gasteiger partial charge in [-0.05, 0) is 37.6 Å². The second-order valence-corrected chi connectivity index (χ2v) is 6.85. The van der Waals surface area contributed by atoms with E-state index in [1.807, 2.05) is 19.9 Å². The van der Waals surface area contributed by atoms with Crippen LogP contribution >= 0.6 is 11.6 Å². The fraction of sp³-hybridized carbons (Fsp3) is 0.158. The summed E-state index contributed by atoms with van der Waals surface area (Å²) in [7, 11) is 0. The molecule has 0 saturated heterocycles. The smallest absolute Gasteiger partial charge is 0.262 e. The molecule has 3 heterocycles. The van der Waals surface area contributed by atoms with E-state index in [1.165, 1.54) is 23.0 Å². The van der Waals surface area contributed by atoms with Crippen LogP contribution in [0.1, 0.15) is 27.3 Å². The van der Waals surface area contributed by atoms with E-state index in [4.69, 9.17) is 11.6 Å². The zero-order chi connectivity index (χ0) is 19.8. The van der Waals surface area contributed by atoms with Gasteiger partial charge in [-0.1, -0.05) is 23.7 Å². The van der Waals surface area contributed by atoms with E-state index in [-0.39, 0.29) is 16.7 Å². The van der Waals surface area contributed by atoms with Gasteiger partial charge in [-0.25, -0.2) is 13.9 Å². The van der Waals surface area contributed by atoms with Gasteiger partial charge in [0.05, 0.1) is 12.7 Å². The van der Waals surface area contributed by atoms with Gasteiger partial charge in [0.25, 0.3) is 5.91 Å². The first-order valence-corrected chi connectivity index (χ1v) is 8.89. The summed E-state index contributed by atoms with van der Waals surface area (Å²) in [5.41, 5.74) is 3.18. The molecule has 0 aliphatic carbocycles. The number of rotatable bonds is 4. The molecule has 1 amide bonds. The van der Waals surface area contributed by atoms with Crippen LogP contribution in [0.4, 0.5) is 10.2 Å². The second kappa shape index (κ2) is 7.05. The molecule has 1 N–H and O–H groups in total. The van der Waals surface area contributed by atoms with Crippen molar-refractivity contribution >= 4 is 29.0 Å². The predicted molar refractivity (Wildman–Crippen MR) is 103 cm³/mol. The number of hydrogen-bond acceptors (Lipinski definition) is 4. The first-order valence-electron chi connectivity index (χ1n) is 8.51. The van der Waals surface area contributed by atoms with Gasteiger partial charge < -0.3 is 5.32 Å². The molecule has 0 unspecified atom stereocenters. The lowest BCUT2D eigenvalue weighted by Crippen LogP contribution is -2.13. The lowest BCUT2D eigenvalue weighted by Gasteiger charge is -2.04. The van der Waals surface area contributed by atoms with Crippen molar-refractivity contribution in [3.63, 3.8) is 0 Å². The number of nitrogens with zero attached hydrogens (tertiary/aromatic N) is 5. The number of anilines is 1. The van der Waals surface area contributed by atoms with Gasteiger partial charge in [0.1, 0.15) is 16.4 Å². The third-order valence-corrected chi connectivity index (χ3v) is 4.48. The number of nitrogens with one attached hydrogen (secondary N) is 1. The van der Waals surface area contributed by atoms with Gasteiger partial charge in [0.15, 0.2) is 11.5 Å². The zero-order valence-electron chi connectivity index (χ0n) is 15.1. The quantitative estimate of drug-likeness (QED) is 0.569. The molecule has 1 aromatic carbocycles. The summed E-state index contributed by atoms with van der Waals surface area (Å²) in [5, 5.41) is 11.5. The van der Waals surface area contributed by atoms with Crippen molar-refractivity contribution < 1.29 is 9.18 Å². The summed E-state index contributed by atoms with van der Waals surface area (Å²) < 4.78 is 16.5. The van der Waals surface area contributed by atoms with Gasteiger partial charge in [-0.2, -0.15) is 10.2 Å². The minimum absolute atomic E-state index is 0.215. The summed E-state index contributed by atoms with van der Waals surface area (Å²) in [4.78, 5) is 17.1. The monoisotopic (exact) mass is 398 g/mol. The molecule has 0 radical (unpaired) electrons. The van der Waals surface area contributed by atoms with Gasteiger partial charge in [-0.15, -0.1) is 0 Å². The van der Waals surface area contributed by atoms with Crippen molar-refractivity contribution in [3.05, 3.63) is 76.1 Å². The van der Waals surface area contributed by atoms with Crippen molar-refractivity contribution in [2.24, 2.45) is 0 Å². The van der Waals surface area contributed by atoms with Gasteiger partial charge in [0, 0.05) is 17.6 Å². The van der Waals surface area contributed by atoms with Crippen LogP contribution in [0.5, 0.6) is 0 Å². The van der Waals surface area contributed by atoms with Crippen LogP contribution in [0.3, 0.4) is 0 Å². The number of carbonyl (C=O) groups excluding carboxylic acids is 1. The highest BCUT2D eigenvalue weighted by atomic mass is 35.5. The molecule has 0 bridgehead atoms. The first-order chi connectivity index (χ1) is 13.4. The average molecular weight is 399 g/mol. The number of aryl methyl sites for hydroxylation is 2. The molecule has 4 rings (SSSR count). The maximum atomic E-state index is 13.3. The van der Waals surface area contributed by atoms with Crippen molar-refractivity contribution in [2.45, 2.75) is 20.4 Å². The highest BCUT2D eigenvalue weighted by molar-refractivity contribution is 6.33. The van der Waals surface area contributed by atoms with Crippen LogP contribution in [0, 0.1) is 19.7 Å². The summed E-state index contributed by atoms with van der Waals surface area (Å²) >= 11 is 6.21. The number of halogens is 2. The van der Waals surface area contributed by atoms with Crippen LogP contribution in [0.15, 0.2) is 42.7 Å². The van der Waals surface area contributed by atoms with Crippen LogP contribution < -0.4 is 5.32 Å². The minimum atomic E-state index is -0.412. The molecule has 0 fully saturated rings. The third kappa shape index (κ3) is 3.46. The fourth-order valence-corrected chi connectivity index (χ4v) is 3.19. The maximum absolute atomic E-state index is 13.3. The fourth-order valence-electron chi connectivity index (χ4n) is 2.99. The van der Waals surface area contributed by atoms with Crippen LogP contribution in [0.2, 0.25) is 5.02 Å². The summed E-state index contributed by atoms with van der Waals surface area (Å²) in [5.74, 6) is -0.521. The normalized spacial score (nSPS) is 11.1. The Morgan fingerprint density at radius 2 is 2.11 bits per heavy atom. The number of fused-ring (bicyclic) bond motifs is 1. The van der Waals surface area contributed by atoms with Crippen molar-refractivity contribution in [1.29, 1.82) is 0 Å². The van der Waals surface area contributed by atoms with Crippen LogP contribution in [-0.4, -0.2) is 30.3 Å². The number of carbonyl (C=O) groups is 1. The molecule has 3 aromatic heterocycles. The number of hydrogen-bond donors (Lipinski definition) is 1. The standard InChI is InChI=1S/C19H16ClFN6O/c1-11-6-12(2)27-18(23-11)15(8-22-27)19(28)24-17-16(20)10-26(25-17)9-13-4-3-5-14(21)7-13/h3-8,10H,9H2,1-2H3,(H,24,25,28). The lowest BCUT2D eigenvalue weighted by atomic mass is 10.2. The van der Waals surface area contributed by atoms with Crippen molar-refractivity contribution in [2.75, 3.05) is 5.32 Å². The van der Waals surface area contributed by atoms with E-state index >= 15 is 0 Å². The average Bonchev–Trinajstić information content (AvgIpc) is 3.19. The van der Waals surface area contributed by atoms with E-state index in [0.717, 1.165) is 17.0 Å². The number of aromatic nitrogens is 5. The molecular formula is C19H16ClFN6O. The van der Waals surface area contributed by atoms with E-state index in [2.05, 4.69) is 20.5 Å². The summed E-state index contributed by atoms with van der Waals surface area (Å²) in [6.45, 7) is 4.07. The Labute approximate surface area is 164 Å². The zero-order valence-corrected chi connectivity index (χ0v) is 15.9. The molecule has 28 heavy (non-hydrogen) atoms. The van der Waals surface area contributed by atoms with E-state index in [1.54, 1.807) is 22.8 Å². The minimum Gasteiger partial charge on any atom is -0.304 e. The number of benzene rings is 1. The molecule has 0 spiro atoms. The molecule has 7 nitrogen and oxygen atoms in total. The van der Waals surface area contributed by atoms with E-state index in [9.17, 15) is 9.18 Å². The molecule has 9 heteroatoms. The molecule has 142 valence electrons. The second-order valence-electron chi connectivity index (χ2n) is 6.44. The lowest BCUT2D eigenvalue weighted by molar-refractivity contribution is 0.102. The van der Waals surface area contributed by atoms with Crippen molar-refractivity contribution in [1.82, 2.24) is 24.4 Å². The van der Waals surface area contributed by atoms with Gasteiger partial charge in [-0.3, -0.25) is 9.48 Å². The SMILES string of the molecule is Cc1cc(C)n2ncc(C(=O)Nc3nn(Cc4cccc(F)c4)cc3Cl)c2n1. The van der Waals surface area contributed by atoms with E-state index in [0.29, 0.717) is 17.8 Å².